The predicted octanol–water partition coefficient (Wildman–Crippen LogP) is 3.90. The zero-order chi connectivity index (χ0) is 22.9. The number of rotatable bonds is 10. The van der Waals surface area contributed by atoms with Crippen LogP contribution in [0.3, 0.4) is 0 Å². The van der Waals surface area contributed by atoms with Crippen LogP contribution in [-0.4, -0.2) is 51.1 Å². The molecule has 0 aliphatic rings. The van der Waals surface area contributed by atoms with E-state index in [4.69, 9.17) is 14.2 Å². The zero-order valence-corrected chi connectivity index (χ0v) is 19.1. The Morgan fingerprint density at radius 1 is 1.00 bits per heavy atom. The third kappa shape index (κ3) is 6.42. The minimum absolute atomic E-state index is 0.282. The molecule has 0 spiro atoms. The van der Waals surface area contributed by atoms with Gasteiger partial charge in [-0.3, -0.25) is 5.43 Å². The molecule has 0 aliphatic heterocycles. The molecular weight excluding hydrogens is 406 g/mol. The van der Waals surface area contributed by atoms with E-state index in [9.17, 15) is 0 Å². The van der Waals surface area contributed by atoms with E-state index >= 15 is 0 Å². The molecule has 32 heavy (non-hydrogen) atoms. The molecule has 1 radical (unpaired) electrons. The molecule has 0 saturated carbocycles. The number of methoxy groups -OCH3 is 2. The van der Waals surface area contributed by atoms with Gasteiger partial charge in [-0.15, -0.1) is 9.88 Å². The Bertz CT molecular complexity index is 1070. The summed E-state index contributed by atoms with van der Waals surface area (Å²) in [5.74, 6) is 2.65. The summed E-state index contributed by atoms with van der Waals surface area (Å²) >= 11 is 0. The molecule has 1 N–H and O–H groups in total. The number of benzene rings is 2. The summed E-state index contributed by atoms with van der Waals surface area (Å²) in [6, 6.07) is 16.0. The van der Waals surface area contributed by atoms with Crippen molar-refractivity contribution in [2.24, 2.45) is 5.10 Å². The molecule has 0 fully saturated rings. The van der Waals surface area contributed by atoms with Gasteiger partial charge in [0.2, 0.25) is 0 Å². The molecule has 0 atom stereocenters. The van der Waals surface area contributed by atoms with E-state index in [1.54, 1.807) is 20.4 Å². The quantitative estimate of drug-likeness (QED) is 0.295. The molecule has 1 heterocycles. The normalized spacial score (nSPS) is 11.1. The van der Waals surface area contributed by atoms with Crippen molar-refractivity contribution < 1.29 is 14.2 Å². The van der Waals surface area contributed by atoms with Gasteiger partial charge in [0.1, 0.15) is 14.1 Å². The molecular formula is C24H29N5O3+. The van der Waals surface area contributed by atoms with Crippen molar-refractivity contribution >= 4 is 17.9 Å². The van der Waals surface area contributed by atoms with Crippen molar-refractivity contribution in [3.05, 3.63) is 65.2 Å². The molecule has 0 aliphatic carbocycles. The topological polar surface area (TPSA) is 83.8 Å². The first kappa shape index (κ1) is 23.0. The van der Waals surface area contributed by atoms with Gasteiger partial charge in [0, 0.05) is 6.42 Å². The smallest absolute Gasteiger partial charge is 0.323 e. The monoisotopic (exact) mass is 435 g/mol. The average molecular weight is 436 g/mol. The molecule has 8 nitrogen and oxygen atoms in total. The highest BCUT2D eigenvalue weighted by Crippen LogP contribution is 2.27. The van der Waals surface area contributed by atoms with Gasteiger partial charge in [-0.1, -0.05) is 35.9 Å². The van der Waals surface area contributed by atoms with Gasteiger partial charge < -0.3 is 14.2 Å². The number of nitrogens with one attached hydrogen (secondary N) is 1. The fourth-order valence-electron chi connectivity index (χ4n) is 2.98. The van der Waals surface area contributed by atoms with Gasteiger partial charge in [-0.2, -0.15) is 10.1 Å². The number of aromatic nitrogens is 2. The number of hydrogen-bond acceptors (Lipinski definition) is 8. The molecule has 0 amide bonds. The van der Waals surface area contributed by atoms with E-state index < -0.39 is 0 Å². The Hall–Kier alpha value is -3.65. The van der Waals surface area contributed by atoms with Crippen LogP contribution < -0.4 is 24.5 Å². The summed E-state index contributed by atoms with van der Waals surface area (Å²) in [5, 5.41) is 4.29. The lowest BCUT2D eigenvalue weighted by atomic mass is 10.1. The van der Waals surface area contributed by atoms with Crippen molar-refractivity contribution in [1.82, 2.24) is 14.9 Å². The second-order valence-corrected chi connectivity index (χ2v) is 7.36. The van der Waals surface area contributed by atoms with Crippen LogP contribution in [0.2, 0.25) is 0 Å². The largest absolute Gasteiger partial charge is 0.493 e. The van der Waals surface area contributed by atoms with Crippen LogP contribution in [0.4, 0.5) is 11.6 Å². The van der Waals surface area contributed by atoms with Crippen molar-refractivity contribution in [2.45, 2.75) is 13.3 Å². The number of ether oxygens (including phenoxy) is 3. The summed E-state index contributed by atoms with van der Waals surface area (Å²) in [6.45, 7) is 2.46. The SMILES string of the molecule is COc1ccc(CCOc2nc(NN=Cc3cccc(C)c3)cc([N+](C)C)n2)cc1OC. The fourth-order valence-corrected chi connectivity index (χ4v) is 2.98. The summed E-state index contributed by atoms with van der Waals surface area (Å²) < 4.78 is 16.5. The second-order valence-electron chi connectivity index (χ2n) is 7.36. The Balaban J connectivity index is 1.66. The standard InChI is InChI=1S/C24H29N5O3/c1-17-7-6-8-19(13-17)16-25-28-22-15-23(29(2)3)27-24(26-22)32-12-11-18-9-10-20(30-4)21(14-18)31-5/h6-10,13-16H,11-12H2,1-5H3,(H,26,27,28)/q+1. The van der Waals surface area contributed by atoms with E-state index in [-0.39, 0.29) is 6.01 Å². The lowest BCUT2D eigenvalue weighted by Gasteiger charge is -2.10. The molecule has 0 unspecified atom stereocenters. The lowest BCUT2D eigenvalue weighted by Crippen LogP contribution is -2.14. The highest BCUT2D eigenvalue weighted by atomic mass is 16.5. The Morgan fingerprint density at radius 3 is 2.53 bits per heavy atom. The van der Waals surface area contributed by atoms with Crippen LogP contribution in [0, 0.1) is 6.92 Å². The molecule has 3 rings (SSSR count). The minimum Gasteiger partial charge on any atom is -0.493 e. The zero-order valence-electron chi connectivity index (χ0n) is 19.1. The number of hydrazone groups is 1. The summed E-state index contributed by atoms with van der Waals surface area (Å²) in [6.07, 6.45) is 2.42. The van der Waals surface area contributed by atoms with Crippen LogP contribution >= 0.6 is 0 Å². The number of hydrogen-bond donors (Lipinski definition) is 1. The van der Waals surface area contributed by atoms with Crippen LogP contribution in [0.25, 0.3) is 0 Å². The van der Waals surface area contributed by atoms with E-state index in [0.29, 0.717) is 30.3 Å². The minimum atomic E-state index is 0.282. The highest BCUT2D eigenvalue weighted by molar-refractivity contribution is 5.80. The van der Waals surface area contributed by atoms with Gasteiger partial charge in [-0.05, 0) is 30.2 Å². The maximum Gasteiger partial charge on any atom is 0.323 e. The number of anilines is 2. The molecule has 1 aromatic heterocycles. The predicted molar refractivity (Wildman–Crippen MR) is 127 cm³/mol. The third-order valence-electron chi connectivity index (χ3n) is 4.66. The molecule has 2 aromatic carbocycles. The maximum atomic E-state index is 5.84. The highest BCUT2D eigenvalue weighted by Gasteiger charge is 2.14. The van der Waals surface area contributed by atoms with Gasteiger partial charge >= 0.3 is 6.01 Å². The van der Waals surface area contributed by atoms with Crippen molar-refractivity contribution in [3.8, 4) is 17.5 Å². The molecule has 167 valence electrons. The van der Waals surface area contributed by atoms with E-state index in [2.05, 4.69) is 26.6 Å². The Kier molecular flexibility index (Phi) is 7.99. The first-order valence-corrected chi connectivity index (χ1v) is 10.2. The molecule has 3 aromatic rings. The molecule has 0 bridgehead atoms. The van der Waals surface area contributed by atoms with E-state index in [1.165, 1.54) is 5.56 Å². The second kappa shape index (κ2) is 11.1. The first-order valence-electron chi connectivity index (χ1n) is 10.2. The van der Waals surface area contributed by atoms with Gasteiger partial charge in [-0.25, -0.2) is 0 Å². The van der Waals surface area contributed by atoms with Crippen molar-refractivity contribution in [1.29, 1.82) is 0 Å². The van der Waals surface area contributed by atoms with Gasteiger partial charge in [0.15, 0.2) is 17.3 Å². The average Bonchev–Trinajstić information content (AvgIpc) is 2.79. The van der Waals surface area contributed by atoms with Crippen LogP contribution in [-0.2, 0) is 6.42 Å². The van der Waals surface area contributed by atoms with Crippen molar-refractivity contribution in [3.63, 3.8) is 0 Å². The fraction of sp³-hybridized carbons (Fsp3) is 0.292. The molecule has 0 saturated heterocycles. The number of nitrogens with zero attached hydrogens (tertiary/aromatic N) is 4. The van der Waals surface area contributed by atoms with Gasteiger partial charge in [0.05, 0.1) is 33.1 Å². The lowest BCUT2D eigenvalue weighted by molar-refractivity contribution is 0.295. The van der Waals surface area contributed by atoms with Crippen molar-refractivity contribution in [2.75, 3.05) is 40.3 Å². The number of aryl methyl sites for hydroxylation is 1. The maximum absolute atomic E-state index is 5.84. The Morgan fingerprint density at radius 2 is 1.81 bits per heavy atom. The summed E-state index contributed by atoms with van der Waals surface area (Å²) in [7, 11) is 7.06. The summed E-state index contributed by atoms with van der Waals surface area (Å²) in [4.78, 5) is 10.8. The first-order chi connectivity index (χ1) is 15.5. The summed E-state index contributed by atoms with van der Waals surface area (Å²) in [5.41, 5.74) is 6.21. The molecule has 8 heteroatoms. The third-order valence-corrected chi connectivity index (χ3v) is 4.66. The van der Waals surface area contributed by atoms with Gasteiger partial charge in [0.25, 0.3) is 5.82 Å². The van der Waals surface area contributed by atoms with Crippen LogP contribution in [0.5, 0.6) is 17.5 Å². The van der Waals surface area contributed by atoms with Crippen LogP contribution in [0.1, 0.15) is 16.7 Å². The Labute approximate surface area is 188 Å². The van der Waals surface area contributed by atoms with Crippen LogP contribution in [0.15, 0.2) is 53.6 Å². The van der Waals surface area contributed by atoms with E-state index in [1.807, 2.05) is 68.4 Å². The van der Waals surface area contributed by atoms with E-state index in [0.717, 1.165) is 16.9 Å².